The molecule has 1 aromatic rings. The molecular weight excluding hydrogens is 584 g/mol. The maximum Gasteiger partial charge on any atom is 0.338 e. The molecule has 2 rings (SSSR count). The fourth-order valence-corrected chi connectivity index (χ4v) is 4.76. The van der Waals surface area contributed by atoms with Gasteiger partial charge in [-0.2, -0.15) is 0 Å². The summed E-state index contributed by atoms with van der Waals surface area (Å²) >= 11 is 3.39. The summed E-state index contributed by atoms with van der Waals surface area (Å²) in [6, 6.07) is 5.85. The van der Waals surface area contributed by atoms with E-state index in [1.807, 2.05) is 38.1 Å². The number of aliphatic carboxylic acids is 1. The molecule has 4 amide bonds. The topological polar surface area (TPSA) is 154 Å². The Morgan fingerprint density at radius 2 is 1.80 bits per heavy atom. The van der Waals surface area contributed by atoms with Crippen molar-refractivity contribution in [3.05, 3.63) is 45.6 Å². The zero-order valence-corrected chi connectivity index (χ0v) is 25.0. The van der Waals surface area contributed by atoms with Crippen LogP contribution in [0.1, 0.15) is 71.4 Å². The van der Waals surface area contributed by atoms with E-state index in [-0.39, 0.29) is 62.7 Å². The summed E-state index contributed by atoms with van der Waals surface area (Å²) in [7, 11) is 0. The van der Waals surface area contributed by atoms with E-state index in [0.29, 0.717) is 24.1 Å². The SMILES string of the molecule is CCOC(=O)C1=C(C)N(CCCC(=O)N[C@H](CC(=O)NCCC(=O)O)CC(C)C)C(=O)NC1c1ccc(Br)cc1. The number of carboxylic acids is 1. The van der Waals surface area contributed by atoms with Gasteiger partial charge in [0, 0.05) is 42.1 Å². The fraction of sp³-hybridized carbons (Fsp3) is 0.536. The number of hydrogen-bond acceptors (Lipinski definition) is 6. The molecule has 1 heterocycles. The molecular formula is C28H39BrN4O7. The molecule has 2 atom stereocenters. The molecule has 4 N–H and O–H groups in total. The summed E-state index contributed by atoms with van der Waals surface area (Å²) in [5.41, 5.74) is 1.53. The van der Waals surface area contributed by atoms with E-state index in [1.54, 1.807) is 13.8 Å². The Morgan fingerprint density at radius 3 is 2.40 bits per heavy atom. The molecule has 0 radical (unpaired) electrons. The highest BCUT2D eigenvalue weighted by Gasteiger charge is 2.36. The summed E-state index contributed by atoms with van der Waals surface area (Å²) in [4.78, 5) is 63.0. The number of benzene rings is 1. The number of halogens is 1. The lowest BCUT2D eigenvalue weighted by molar-refractivity contribution is -0.139. The lowest BCUT2D eigenvalue weighted by atomic mass is 9.95. The monoisotopic (exact) mass is 622 g/mol. The van der Waals surface area contributed by atoms with E-state index in [0.717, 1.165) is 10.0 Å². The Balaban J connectivity index is 2.05. The Kier molecular flexibility index (Phi) is 13.1. The lowest BCUT2D eigenvalue weighted by Crippen LogP contribution is -2.48. The first-order valence-corrected chi connectivity index (χ1v) is 14.2. The van der Waals surface area contributed by atoms with Crippen LogP contribution >= 0.6 is 15.9 Å². The normalized spacial score (nSPS) is 15.9. The van der Waals surface area contributed by atoms with Crippen LogP contribution in [0.15, 0.2) is 40.0 Å². The Labute approximate surface area is 243 Å². The zero-order valence-electron chi connectivity index (χ0n) is 23.4. The molecule has 1 aliphatic heterocycles. The van der Waals surface area contributed by atoms with Gasteiger partial charge in [-0.1, -0.05) is 41.9 Å². The van der Waals surface area contributed by atoms with E-state index in [4.69, 9.17) is 9.84 Å². The summed E-state index contributed by atoms with van der Waals surface area (Å²) in [6.45, 7) is 7.78. The van der Waals surface area contributed by atoms with E-state index in [2.05, 4.69) is 31.9 Å². The third-order valence-corrected chi connectivity index (χ3v) is 6.82. The summed E-state index contributed by atoms with van der Waals surface area (Å²) in [5.74, 6) is -1.89. The van der Waals surface area contributed by atoms with E-state index >= 15 is 0 Å². The molecule has 1 aliphatic rings. The summed E-state index contributed by atoms with van der Waals surface area (Å²) < 4.78 is 6.15. The van der Waals surface area contributed by atoms with E-state index in [1.165, 1.54) is 4.90 Å². The van der Waals surface area contributed by atoms with Gasteiger partial charge in [0.05, 0.1) is 24.6 Å². The number of nitrogens with zero attached hydrogens (tertiary/aromatic N) is 1. The Hall–Kier alpha value is -3.41. The van der Waals surface area contributed by atoms with Crippen LogP contribution in [0.5, 0.6) is 0 Å². The highest BCUT2D eigenvalue weighted by Crippen LogP contribution is 2.32. The van der Waals surface area contributed by atoms with Crippen LogP contribution in [0, 0.1) is 5.92 Å². The second kappa shape index (κ2) is 16.0. The van der Waals surface area contributed by atoms with Gasteiger partial charge in [0.15, 0.2) is 0 Å². The molecule has 12 heteroatoms. The second-order valence-electron chi connectivity index (χ2n) is 10.0. The minimum atomic E-state index is -1.00. The van der Waals surface area contributed by atoms with E-state index in [9.17, 15) is 24.0 Å². The van der Waals surface area contributed by atoms with Crippen LogP contribution in [0.25, 0.3) is 0 Å². The number of carbonyl (C=O) groups is 5. The number of esters is 1. The molecule has 0 spiro atoms. The van der Waals surface area contributed by atoms with Gasteiger partial charge in [0.2, 0.25) is 11.8 Å². The van der Waals surface area contributed by atoms with Crippen LogP contribution < -0.4 is 16.0 Å². The van der Waals surface area contributed by atoms with Gasteiger partial charge in [0.25, 0.3) is 0 Å². The highest BCUT2D eigenvalue weighted by atomic mass is 79.9. The number of rotatable bonds is 15. The zero-order chi connectivity index (χ0) is 29.8. The van der Waals surface area contributed by atoms with Gasteiger partial charge in [-0.05, 0) is 50.3 Å². The van der Waals surface area contributed by atoms with Crippen molar-refractivity contribution in [2.24, 2.45) is 5.92 Å². The molecule has 40 heavy (non-hydrogen) atoms. The Bertz CT molecular complexity index is 1100. The van der Waals surface area contributed by atoms with Crippen molar-refractivity contribution < 1.29 is 33.8 Å². The van der Waals surface area contributed by atoms with Gasteiger partial charge in [0.1, 0.15) is 0 Å². The minimum absolute atomic E-state index is 0.0255. The van der Waals surface area contributed by atoms with Gasteiger partial charge in [-0.15, -0.1) is 0 Å². The molecule has 0 bridgehead atoms. The van der Waals surface area contributed by atoms with Gasteiger partial charge < -0.3 is 25.8 Å². The van der Waals surface area contributed by atoms with Crippen LogP contribution in [0.4, 0.5) is 4.79 Å². The van der Waals surface area contributed by atoms with Crippen LogP contribution in [0.3, 0.4) is 0 Å². The summed E-state index contributed by atoms with van der Waals surface area (Å²) in [5, 5.41) is 17.1. The largest absolute Gasteiger partial charge is 0.481 e. The molecule has 0 fully saturated rings. The molecule has 11 nitrogen and oxygen atoms in total. The predicted octanol–water partition coefficient (Wildman–Crippen LogP) is 3.64. The fourth-order valence-electron chi connectivity index (χ4n) is 4.49. The van der Waals surface area contributed by atoms with Crippen molar-refractivity contribution in [1.29, 1.82) is 0 Å². The number of amides is 4. The molecule has 0 aromatic heterocycles. The number of carboxylic acid groups (broad SMARTS) is 1. The summed E-state index contributed by atoms with van der Waals surface area (Å²) in [6.07, 6.45) is 0.883. The lowest BCUT2D eigenvalue weighted by Gasteiger charge is -2.35. The van der Waals surface area contributed by atoms with Gasteiger partial charge in [-0.25, -0.2) is 9.59 Å². The highest BCUT2D eigenvalue weighted by molar-refractivity contribution is 9.10. The third-order valence-electron chi connectivity index (χ3n) is 6.29. The van der Waals surface area contributed by atoms with Crippen molar-refractivity contribution in [2.45, 2.75) is 71.9 Å². The maximum absolute atomic E-state index is 13.0. The number of ether oxygens (including phenoxy) is 1. The van der Waals surface area contributed by atoms with Crippen LogP contribution in [0.2, 0.25) is 0 Å². The average Bonchev–Trinajstić information content (AvgIpc) is 2.85. The average molecular weight is 624 g/mol. The van der Waals surface area contributed by atoms with Gasteiger partial charge >= 0.3 is 18.0 Å². The molecule has 220 valence electrons. The van der Waals surface area contributed by atoms with Crippen molar-refractivity contribution >= 4 is 45.7 Å². The van der Waals surface area contributed by atoms with Crippen molar-refractivity contribution in [3.8, 4) is 0 Å². The first-order chi connectivity index (χ1) is 18.9. The Morgan fingerprint density at radius 1 is 1.12 bits per heavy atom. The third kappa shape index (κ3) is 10.3. The second-order valence-corrected chi connectivity index (χ2v) is 10.9. The number of allylic oxidation sites excluding steroid dienone is 1. The first kappa shape index (κ1) is 32.8. The van der Waals surface area contributed by atoms with Crippen molar-refractivity contribution in [2.75, 3.05) is 19.7 Å². The maximum atomic E-state index is 13.0. The molecule has 0 saturated heterocycles. The molecule has 1 unspecified atom stereocenters. The van der Waals surface area contributed by atoms with Crippen LogP contribution in [-0.2, 0) is 23.9 Å². The number of hydrogen-bond donors (Lipinski definition) is 4. The number of urea groups is 1. The molecule has 1 aromatic carbocycles. The minimum Gasteiger partial charge on any atom is -0.481 e. The van der Waals surface area contributed by atoms with Crippen molar-refractivity contribution in [1.82, 2.24) is 20.9 Å². The van der Waals surface area contributed by atoms with Crippen molar-refractivity contribution in [3.63, 3.8) is 0 Å². The van der Waals surface area contributed by atoms with Crippen LogP contribution in [-0.4, -0.2) is 65.5 Å². The number of carbonyl (C=O) groups excluding carboxylic acids is 4. The number of nitrogens with one attached hydrogen (secondary N) is 3. The first-order valence-electron chi connectivity index (χ1n) is 13.4. The predicted molar refractivity (Wildman–Crippen MR) is 152 cm³/mol. The smallest absolute Gasteiger partial charge is 0.338 e. The van der Waals surface area contributed by atoms with E-state index < -0.39 is 24.0 Å². The molecule has 0 aliphatic carbocycles. The molecule has 0 saturated carbocycles. The van der Waals surface area contributed by atoms with Gasteiger partial charge in [-0.3, -0.25) is 19.3 Å². The standard InChI is InChI=1S/C28H39BrN4O7/c1-5-40-27(38)25-18(4)33(28(39)32-26(25)19-8-10-20(29)11-9-19)14-6-7-22(34)31-21(15-17(2)3)16-23(35)30-13-12-24(36)37/h8-11,17,21,26H,5-7,12-16H2,1-4H3,(H,30,35)(H,31,34)(H,32,39)(H,36,37)/t21-,26?/m0/s1. The quantitative estimate of drug-likeness (QED) is 0.218.